The van der Waals surface area contributed by atoms with Crippen LogP contribution in [0.2, 0.25) is 0 Å². The molecule has 0 spiro atoms. The van der Waals surface area contributed by atoms with E-state index in [1.807, 2.05) is 12.2 Å². The summed E-state index contributed by atoms with van der Waals surface area (Å²) in [6, 6.07) is 0. The molecule has 1 saturated heterocycles. The number of nitrogens with zero attached hydrogens (tertiary/aromatic N) is 1. The van der Waals surface area contributed by atoms with Crippen LogP contribution < -0.4 is 0 Å². The van der Waals surface area contributed by atoms with E-state index in [9.17, 15) is 14.7 Å². The van der Waals surface area contributed by atoms with Crippen LogP contribution >= 0.6 is 0 Å². The van der Waals surface area contributed by atoms with Crippen molar-refractivity contribution in [1.29, 1.82) is 0 Å². The SMILES string of the molecule is O=C(O)C1CC=CCC1C(=O)N1CCC[C@H](O)C1. The van der Waals surface area contributed by atoms with Crippen molar-refractivity contribution < 1.29 is 19.8 Å². The largest absolute Gasteiger partial charge is 0.481 e. The maximum atomic E-state index is 12.3. The van der Waals surface area contributed by atoms with Gasteiger partial charge < -0.3 is 15.1 Å². The van der Waals surface area contributed by atoms with Gasteiger partial charge in [-0.3, -0.25) is 9.59 Å². The van der Waals surface area contributed by atoms with Gasteiger partial charge in [-0.25, -0.2) is 0 Å². The first-order valence-corrected chi connectivity index (χ1v) is 6.44. The number of carboxylic acid groups (broad SMARTS) is 1. The first-order valence-electron chi connectivity index (χ1n) is 6.44. The first-order chi connectivity index (χ1) is 8.59. The molecule has 5 nitrogen and oxygen atoms in total. The van der Waals surface area contributed by atoms with Crippen LogP contribution in [0.1, 0.15) is 25.7 Å². The van der Waals surface area contributed by atoms with Gasteiger partial charge >= 0.3 is 5.97 Å². The number of hydrogen-bond donors (Lipinski definition) is 2. The average Bonchev–Trinajstić information content (AvgIpc) is 2.38. The Hall–Kier alpha value is -1.36. The van der Waals surface area contributed by atoms with E-state index in [1.54, 1.807) is 4.90 Å². The van der Waals surface area contributed by atoms with Crippen LogP contribution in [-0.4, -0.2) is 46.2 Å². The number of likely N-dealkylation sites (tertiary alicyclic amines) is 1. The molecule has 1 aliphatic carbocycles. The molecule has 18 heavy (non-hydrogen) atoms. The number of aliphatic hydroxyl groups excluding tert-OH is 1. The number of aliphatic hydroxyl groups is 1. The molecular formula is C13H19NO4. The van der Waals surface area contributed by atoms with Gasteiger partial charge in [0.25, 0.3) is 0 Å². The molecular weight excluding hydrogens is 234 g/mol. The van der Waals surface area contributed by atoms with Crippen LogP contribution in [0.5, 0.6) is 0 Å². The van der Waals surface area contributed by atoms with Crippen LogP contribution in [-0.2, 0) is 9.59 Å². The number of β-amino-alcohol motifs (C(OH)–C–C–N with tert-alkyl or cyclic N) is 1. The van der Waals surface area contributed by atoms with Crippen LogP contribution in [0.4, 0.5) is 0 Å². The minimum atomic E-state index is -0.907. The summed E-state index contributed by atoms with van der Waals surface area (Å²) in [6.45, 7) is 0.966. The third kappa shape index (κ3) is 2.72. The number of amides is 1. The third-order valence-corrected chi connectivity index (χ3v) is 3.77. The molecule has 0 aromatic heterocycles. The molecule has 1 heterocycles. The van der Waals surface area contributed by atoms with Gasteiger partial charge in [-0.2, -0.15) is 0 Å². The summed E-state index contributed by atoms with van der Waals surface area (Å²) < 4.78 is 0. The minimum absolute atomic E-state index is 0.120. The maximum Gasteiger partial charge on any atom is 0.307 e. The van der Waals surface area contributed by atoms with Gasteiger partial charge in [-0.1, -0.05) is 12.2 Å². The number of carbonyl (C=O) groups is 2. The highest BCUT2D eigenvalue weighted by Crippen LogP contribution is 2.28. The summed E-state index contributed by atoms with van der Waals surface area (Å²) in [5.41, 5.74) is 0. The highest BCUT2D eigenvalue weighted by atomic mass is 16.4. The van der Waals surface area contributed by atoms with Crippen molar-refractivity contribution in [2.24, 2.45) is 11.8 Å². The van der Waals surface area contributed by atoms with Gasteiger partial charge in [-0.15, -0.1) is 0 Å². The molecule has 2 aliphatic rings. The van der Waals surface area contributed by atoms with E-state index in [1.165, 1.54) is 0 Å². The number of carbonyl (C=O) groups excluding carboxylic acids is 1. The molecule has 0 aromatic rings. The highest BCUT2D eigenvalue weighted by molar-refractivity contribution is 5.85. The number of rotatable bonds is 2. The predicted octanol–water partition coefficient (Wildman–Crippen LogP) is 0.637. The fourth-order valence-electron chi connectivity index (χ4n) is 2.75. The van der Waals surface area contributed by atoms with Crippen LogP contribution in [0.15, 0.2) is 12.2 Å². The van der Waals surface area contributed by atoms with Crippen LogP contribution in [0, 0.1) is 11.8 Å². The number of carboxylic acids is 1. The van der Waals surface area contributed by atoms with Gasteiger partial charge in [0.15, 0.2) is 0 Å². The molecule has 0 radical (unpaired) electrons. The molecule has 5 heteroatoms. The lowest BCUT2D eigenvalue weighted by Crippen LogP contribution is -2.47. The zero-order valence-electron chi connectivity index (χ0n) is 10.3. The van der Waals surface area contributed by atoms with Gasteiger partial charge in [-0.05, 0) is 25.7 Å². The maximum absolute atomic E-state index is 12.3. The Morgan fingerprint density at radius 3 is 2.44 bits per heavy atom. The lowest BCUT2D eigenvalue weighted by Gasteiger charge is -2.35. The molecule has 1 aliphatic heterocycles. The van der Waals surface area contributed by atoms with E-state index < -0.39 is 23.9 Å². The molecule has 3 atom stereocenters. The van der Waals surface area contributed by atoms with E-state index in [-0.39, 0.29) is 5.91 Å². The predicted molar refractivity (Wildman–Crippen MR) is 64.8 cm³/mol. The summed E-state index contributed by atoms with van der Waals surface area (Å²) in [5.74, 6) is -2.12. The Kier molecular flexibility index (Phi) is 4.01. The monoisotopic (exact) mass is 253 g/mol. The second-order valence-corrected chi connectivity index (χ2v) is 5.07. The molecule has 0 bridgehead atoms. The molecule has 100 valence electrons. The fraction of sp³-hybridized carbons (Fsp3) is 0.692. The topological polar surface area (TPSA) is 77.8 Å². The zero-order chi connectivity index (χ0) is 13.1. The standard InChI is InChI=1S/C13H19NO4/c15-9-4-3-7-14(8-9)12(16)10-5-1-2-6-11(10)13(17)18/h1-2,9-11,15H,3-8H2,(H,17,18)/t9-,10?,11?/m0/s1. The van der Waals surface area contributed by atoms with Crippen molar-refractivity contribution in [2.45, 2.75) is 31.8 Å². The first kappa shape index (κ1) is 13.1. The van der Waals surface area contributed by atoms with E-state index in [4.69, 9.17) is 5.11 Å². The highest BCUT2D eigenvalue weighted by Gasteiger charge is 2.37. The second kappa shape index (κ2) is 5.52. The Morgan fingerprint density at radius 2 is 1.83 bits per heavy atom. The van der Waals surface area contributed by atoms with Gasteiger partial charge in [0.05, 0.1) is 17.9 Å². The van der Waals surface area contributed by atoms with Crippen molar-refractivity contribution >= 4 is 11.9 Å². The minimum Gasteiger partial charge on any atom is -0.481 e. The Labute approximate surface area is 106 Å². The van der Waals surface area contributed by atoms with Crippen molar-refractivity contribution in [1.82, 2.24) is 4.90 Å². The van der Waals surface area contributed by atoms with Crippen molar-refractivity contribution in [2.75, 3.05) is 13.1 Å². The van der Waals surface area contributed by atoms with Gasteiger partial charge in [0, 0.05) is 13.1 Å². The number of piperidine rings is 1. The van der Waals surface area contributed by atoms with Crippen molar-refractivity contribution in [3.05, 3.63) is 12.2 Å². The molecule has 2 N–H and O–H groups in total. The third-order valence-electron chi connectivity index (χ3n) is 3.77. The Morgan fingerprint density at radius 1 is 1.17 bits per heavy atom. The van der Waals surface area contributed by atoms with Crippen molar-refractivity contribution in [3.8, 4) is 0 Å². The smallest absolute Gasteiger partial charge is 0.307 e. The summed E-state index contributed by atoms with van der Waals surface area (Å²) >= 11 is 0. The molecule has 2 rings (SSSR count). The van der Waals surface area contributed by atoms with Crippen LogP contribution in [0.3, 0.4) is 0 Å². The van der Waals surface area contributed by atoms with E-state index in [0.717, 1.165) is 12.8 Å². The van der Waals surface area contributed by atoms with Crippen LogP contribution in [0.25, 0.3) is 0 Å². The van der Waals surface area contributed by atoms with E-state index in [2.05, 4.69) is 0 Å². The summed E-state index contributed by atoms with van der Waals surface area (Å²) in [6.07, 6.45) is 5.65. The summed E-state index contributed by atoms with van der Waals surface area (Å²) in [5, 5.41) is 18.7. The Balaban J connectivity index is 2.06. The lowest BCUT2D eigenvalue weighted by molar-refractivity contribution is -0.151. The zero-order valence-corrected chi connectivity index (χ0v) is 10.3. The molecule has 1 amide bonds. The summed E-state index contributed by atoms with van der Waals surface area (Å²) in [7, 11) is 0. The number of aliphatic carboxylic acids is 1. The molecule has 0 saturated carbocycles. The number of hydrogen-bond acceptors (Lipinski definition) is 3. The normalized spacial score (nSPS) is 32.3. The van der Waals surface area contributed by atoms with Crippen molar-refractivity contribution in [3.63, 3.8) is 0 Å². The second-order valence-electron chi connectivity index (χ2n) is 5.07. The van der Waals surface area contributed by atoms with Gasteiger partial charge in [0.2, 0.25) is 5.91 Å². The molecule has 1 fully saturated rings. The van der Waals surface area contributed by atoms with E-state index >= 15 is 0 Å². The molecule has 0 aromatic carbocycles. The Bertz CT molecular complexity index is 366. The van der Waals surface area contributed by atoms with E-state index in [0.29, 0.717) is 25.9 Å². The fourth-order valence-corrected chi connectivity index (χ4v) is 2.75. The summed E-state index contributed by atoms with van der Waals surface area (Å²) in [4.78, 5) is 25.1. The quantitative estimate of drug-likeness (QED) is 0.708. The average molecular weight is 253 g/mol. The number of allylic oxidation sites excluding steroid dienone is 2. The lowest BCUT2D eigenvalue weighted by atomic mass is 9.82. The molecule has 2 unspecified atom stereocenters. The van der Waals surface area contributed by atoms with Gasteiger partial charge in [0.1, 0.15) is 0 Å².